The number of H-pyrrole nitrogens is 1. The van der Waals surface area contributed by atoms with Gasteiger partial charge in [-0.05, 0) is 30.8 Å². The first-order valence-electron chi connectivity index (χ1n) is 9.88. The molecule has 2 heterocycles. The van der Waals surface area contributed by atoms with E-state index in [0.717, 1.165) is 37.3 Å². The molecular formula is C22H22F4N4O. The molecule has 0 saturated carbocycles. The zero-order valence-electron chi connectivity index (χ0n) is 16.9. The van der Waals surface area contributed by atoms with Crippen LogP contribution in [0.25, 0.3) is 11.1 Å². The van der Waals surface area contributed by atoms with Crippen LogP contribution in [0.1, 0.15) is 17.2 Å². The van der Waals surface area contributed by atoms with Crippen molar-refractivity contribution in [2.24, 2.45) is 0 Å². The number of rotatable bonds is 5. The summed E-state index contributed by atoms with van der Waals surface area (Å²) in [5.41, 5.74) is 1.72. The molecule has 1 fully saturated rings. The molecule has 1 N–H and O–H groups in total. The Kier molecular flexibility index (Phi) is 5.97. The fourth-order valence-electron chi connectivity index (χ4n) is 3.93. The van der Waals surface area contributed by atoms with E-state index in [1.54, 1.807) is 30.6 Å². The monoisotopic (exact) mass is 434 g/mol. The van der Waals surface area contributed by atoms with Gasteiger partial charge in [-0.2, -0.15) is 5.10 Å². The zero-order valence-corrected chi connectivity index (χ0v) is 16.9. The normalized spacial score (nSPS) is 16.9. The summed E-state index contributed by atoms with van der Waals surface area (Å²) in [6.07, 6.45) is -1.42. The van der Waals surface area contributed by atoms with E-state index in [9.17, 15) is 17.6 Å². The number of alkyl halides is 3. The molecule has 0 amide bonds. The molecular weight excluding hydrogens is 412 g/mol. The van der Waals surface area contributed by atoms with Crippen LogP contribution in [0.15, 0.2) is 54.9 Å². The van der Waals surface area contributed by atoms with E-state index in [1.807, 2.05) is 7.05 Å². The molecule has 1 unspecified atom stereocenters. The first-order chi connectivity index (χ1) is 14.8. The summed E-state index contributed by atoms with van der Waals surface area (Å²) < 4.78 is 57.8. The third kappa shape index (κ3) is 4.88. The summed E-state index contributed by atoms with van der Waals surface area (Å²) >= 11 is 0. The lowest BCUT2D eigenvalue weighted by Gasteiger charge is -2.38. The van der Waals surface area contributed by atoms with Crippen LogP contribution in [0.5, 0.6) is 5.75 Å². The number of hydrogen-bond donors (Lipinski definition) is 1. The number of halogens is 4. The van der Waals surface area contributed by atoms with Gasteiger partial charge in [0.1, 0.15) is 11.6 Å². The van der Waals surface area contributed by atoms with Crippen molar-refractivity contribution in [1.29, 1.82) is 0 Å². The predicted octanol–water partition coefficient (Wildman–Crippen LogP) is 4.45. The fraction of sp³-hybridized carbons (Fsp3) is 0.318. The minimum atomic E-state index is -4.89. The Labute approximate surface area is 177 Å². The summed E-state index contributed by atoms with van der Waals surface area (Å²) in [6, 6.07) is 9.93. The highest BCUT2D eigenvalue weighted by Gasteiger charge is 2.33. The SMILES string of the molecule is CN1CCN(C(c2cn[nH]c2)c2ccc(OC(F)(F)F)c(-c3ccccc3F)c2)CC1. The van der Waals surface area contributed by atoms with Crippen LogP contribution in [0.2, 0.25) is 0 Å². The smallest absolute Gasteiger partial charge is 0.405 e. The molecule has 0 bridgehead atoms. The van der Waals surface area contributed by atoms with E-state index in [4.69, 9.17) is 0 Å². The topological polar surface area (TPSA) is 44.4 Å². The lowest BCUT2D eigenvalue weighted by Crippen LogP contribution is -2.46. The van der Waals surface area contributed by atoms with Crippen LogP contribution in [0.3, 0.4) is 0 Å². The predicted molar refractivity (Wildman–Crippen MR) is 108 cm³/mol. The average Bonchev–Trinajstić information content (AvgIpc) is 3.24. The summed E-state index contributed by atoms with van der Waals surface area (Å²) in [7, 11) is 2.05. The fourth-order valence-corrected chi connectivity index (χ4v) is 3.93. The Morgan fingerprint density at radius 3 is 2.39 bits per heavy atom. The molecule has 0 radical (unpaired) electrons. The van der Waals surface area contributed by atoms with Gasteiger partial charge in [-0.15, -0.1) is 13.2 Å². The first kappa shape index (κ1) is 21.3. The molecule has 1 aliphatic heterocycles. The number of nitrogens with one attached hydrogen (secondary N) is 1. The van der Waals surface area contributed by atoms with E-state index in [-0.39, 0.29) is 17.2 Å². The summed E-state index contributed by atoms with van der Waals surface area (Å²) in [6.45, 7) is 3.29. The third-order valence-electron chi connectivity index (χ3n) is 5.45. The van der Waals surface area contributed by atoms with Crippen molar-refractivity contribution >= 4 is 0 Å². The molecule has 0 aliphatic carbocycles. The Hall–Kier alpha value is -2.91. The van der Waals surface area contributed by atoms with Crippen LogP contribution in [-0.4, -0.2) is 59.6 Å². The third-order valence-corrected chi connectivity index (χ3v) is 5.45. The maximum atomic E-state index is 14.5. The van der Waals surface area contributed by atoms with Gasteiger partial charge >= 0.3 is 6.36 Å². The van der Waals surface area contributed by atoms with E-state index < -0.39 is 17.9 Å². The van der Waals surface area contributed by atoms with Crippen LogP contribution >= 0.6 is 0 Å². The van der Waals surface area contributed by atoms with Crippen LogP contribution in [-0.2, 0) is 0 Å². The van der Waals surface area contributed by atoms with Gasteiger partial charge in [-0.3, -0.25) is 10.00 Å². The van der Waals surface area contributed by atoms with Crippen LogP contribution < -0.4 is 4.74 Å². The number of likely N-dealkylation sites (N-methyl/N-ethyl adjacent to an activating group) is 1. The first-order valence-corrected chi connectivity index (χ1v) is 9.88. The Morgan fingerprint density at radius 1 is 1.00 bits per heavy atom. The number of benzene rings is 2. The van der Waals surface area contributed by atoms with Gasteiger partial charge in [-0.1, -0.05) is 24.3 Å². The highest BCUT2D eigenvalue weighted by atomic mass is 19.4. The highest BCUT2D eigenvalue weighted by molar-refractivity contribution is 5.72. The van der Waals surface area contributed by atoms with Crippen molar-refractivity contribution < 1.29 is 22.3 Å². The van der Waals surface area contributed by atoms with E-state index in [0.29, 0.717) is 0 Å². The lowest BCUT2D eigenvalue weighted by molar-refractivity contribution is -0.274. The Bertz CT molecular complexity index is 1010. The van der Waals surface area contributed by atoms with Gasteiger partial charge < -0.3 is 9.64 Å². The largest absolute Gasteiger partial charge is 0.573 e. The number of hydrogen-bond acceptors (Lipinski definition) is 4. The number of aromatic amines is 1. The molecule has 1 aliphatic rings. The molecule has 4 rings (SSSR count). The molecule has 164 valence electrons. The summed E-state index contributed by atoms with van der Waals surface area (Å²) in [5, 5.41) is 6.85. The Morgan fingerprint density at radius 2 is 1.74 bits per heavy atom. The molecule has 3 aromatic rings. The summed E-state index contributed by atoms with van der Waals surface area (Å²) in [4.78, 5) is 4.46. The second-order valence-electron chi connectivity index (χ2n) is 7.56. The summed E-state index contributed by atoms with van der Waals surface area (Å²) in [5.74, 6) is -1.06. The highest BCUT2D eigenvalue weighted by Crippen LogP contribution is 2.39. The minimum absolute atomic E-state index is 0.0490. The van der Waals surface area contributed by atoms with Crippen molar-refractivity contribution in [2.45, 2.75) is 12.4 Å². The molecule has 1 atom stereocenters. The number of ether oxygens (including phenoxy) is 1. The molecule has 2 aromatic carbocycles. The van der Waals surface area contributed by atoms with Crippen molar-refractivity contribution in [3.63, 3.8) is 0 Å². The van der Waals surface area contributed by atoms with Crippen LogP contribution in [0.4, 0.5) is 17.6 Å². The van der Waals surface area contributed by atoms with Crippen molar-refractivity contribution in [3.05, 3.63) is 71.8 Å². The minimum Gasteiger partial charge on any atom is -0.405 e. The van der Waals surface area contributed by atoms with Gasteiger partial charge in [0.05, 0.1) is 12.2 Å². The van der Waals surface area contributed by atoms with Crippen LogP contribution in [0, 0.1) is 5.82 Å². The second kappa shape index (κ2) is 8.68. The number of piperazine rings is 1. The molecule has 1 aromatic heterocycles. The van der Waals surface area contributed by atoms with Gasteiger partial charge in [-0.25, -0.2) is 4.39 Å². The van der Waals surface area contributed by atoms with E-state index in [1.165, 1.54) is 24.3 Å². The second-order valence-corrected chi connectivity index (χ2v) is 7.56. The van der Waals surface area contributed by atoms with Gasteiger partial charge in [0.2, 0.25) is 0 Å². The van der Waals surface area contributed by atoms with Gasteiger partial charge in [0.25, 0.3) is 0 Å². The Balaban J connectivity index is 1.81. The molecule has 5 nitrogen and oxygen atoms in total. The average molecular weight is 434 g/mol. The van der Waals surface area contributed by atoms with E-state index >= 15 is 0 Å². The van der Waals surface area contributed by atoms with Crippen molar-refractivity contribution in [1.82, 2.24) is 20.0 Å². The maximum Gasteiger partial charge on any atom is 0.573 e. The maximum absolute atomic E-state index is 14.5. The van der Waals surface area contributed by atoms with E-state index in [2.05, 4.69) is 24.7 Å². The van der Waals surface area contributed by atoms with Crippen molar-refractivity contribution in [3.8, 4) is 16.9 Å². The molecule has 0 spiro atoms. The lowest BCUT2D eigenvalue weighted by atomic mass is 9.94. The number of aromatic nitrogens is 2. The zero-order chi connectivity index (χ0) is 22.0. The number of nitrogens with zero attached hydrogens (tertiary/aromatic N) is 3. The van der Waals surface area contributed by atoms with Crippen molar-refractivity contribution in [2.75, 3.05) is 33.2 Å². The molecule has 31 heavy (non-hydrogen) atoms. The quantitative estimate of drug-likeness (QED) is 0.603. The molecule has 1 saturated heterocycles. The van der Waals surface area contributed by atoms with Gasteiger partial charge in [0.15, 0.2) is 0 Å². The molecule has 9 heteroatoms. The standard InChI is InChI=1S/C22H22F4N4O/c1-29-8-10-30(11-9-29)21(16-13-27-28-14-16)15-6-7-20(31-22(24,25)26)18(12-15)17-4-2-3-5-19(17)23/h2-7,12-14,21H,8-11H2,1H3,(H,27,28). The van der Waals surface area contributed by atoms with Gasteiger partial charge in [0, 0.05) is 49.1 Å².